The predicted octanol–water partition coefficient (Wildman–Crippen LogP) is 3.95. The van der Waals surface area contributed by atoms with E-state index in [0.717, 1.165) is 62.0 Å². The largest absolute Gasteiger partial charge is 0.378 e. The topological polar surface area (TPSA) is 44.8 Å². The minimum absolute atomic E-state index is 0.0121. The van der Waals surface area contributed by atoms with Gasteiger partial charge in [-0.25, -0.2) is 0 Å². The summed E-state index contributed by atoms with van der Waals surface area (Å²) in [6, 6.07) is 16.2. The highest BCUT2D eigenvalue weighted by atomic mass is 35.5. The maximum absolute atomic E-state index is 12.6. The number of nitrogens with one attached hydrogen (secondary N) is 1. The lowest BCUT2D eigenvalue weighted by Gasteiger charge is -2.29. The van der Waals surface area contributed by atoms with Gasteiger partial charge in [0.15, 0.2) is 0 Å². The molecule has 1 unspecified atom stereocenters. The van der Waals surface area contributed by atoms with Crippen LogP contribution in [0.3, 0.4) is 0 Å². The molecule has 0 aromatic heterocycles. The lowest BCUT2D eigenvalue weighted by molar-refractivity contribution is -0.117. The third kappa shape index (κ3) is 4.49. The van der Waals surface area contributed by atoms with Gasteiger partial charge in [-0.05, 0) is 55.3 Å². The number of hydrogen-bond acceptors (Lipinski definition) is 4. The van der Waals surface area contributed by atoms with E-state index in [2.05, 4.69) is 33.3 Å². The number of amides is 1. The van der Waals surface area contributed by atoms with Gasteiger partial charge in [0.25, 0.3) is 0 Å². The Bertz CT molecular complexity index is 806. The SMILES string of the molecule is O=C(CN1CCCC1c1ccccc1Cl)Nc1ccc(N2CCOCC2)cc1. The molecule has 1 atom stereocenters. The van der Waals surface area contributed by atoms with Crippen molar-refractivity contribution in [3.63, 3.8) is 0 Å². The summed E-state index contributed by atoms with van der Waals surface area (Å²) < 4.78 is 5.40. The Morgan fingerprint density at radius 2 is 1.82 bits per heavy atom. The summed E-state index contributed by atoms with van der Waals surface area (Å²) in [5.41, 5.74) is 3.11. The van der Waals surface area contributed by atoms with Crippen molar-refractivity contribution in [2.75, 3.05) is 49.6 Å². The van der Waals surface area contributed by atoms with Crippen LogP contribution in [-0.4, -0.2) is 50.2 Å². The summed E-state index contributed by atoms with van der Waals surface area (Å²) in [6.45, 7) is 4.64. The fourth-order valence-corrected chi connectivity index (χ4v) is 4.34. The van der Waals surface area contributed by atoms with Crippen molar-refractivity contribution < 1.29 is 9.53 Å². The molecule has 5 nitrogen and oxygen atoms in total. The van der Waals surface area contributed by atoms with Crippen LogP contribution in [0.5, 0.6) is 0 Å². The molecule has 2 aliphatic heterocycles. The van der Waals surface area contributed by atoms with Gasteiger partial charge in [-0.3, -0.25) is 9.69 Å². The first-order chi connectivity index (χ1) is 13.7. The fourth-order valence-electron chi connectivity index (χ4n) is 4.08. The van der Waals surface area contributed by atoms with E-state index in [1.165, 1.54) is 5.69 Å². The number of nitrogens with zero attached hydrogens (tertiary/aromatic N) is 2. The molecule has 2 aromatic carbocycles. The van der Waals surface area contributed by atoms with Gasteiger partial charge < -0.3 is 15.0 Å². The van der Waals surface area contributed by atoms with Crippen molar-refractivity contribution in [2.45, 2.75) is 18.9 Å². The van der Waals surface area contributed by atoms with Gasteiger partial charge in [0.05, 0.1) is 19.8 Å². The second kappa shape index (κ2) is 8.95. The number of carbonyl (C=O) groups excluding carboxylic acids is 1. The number of hydrogen-bond donors (Lipinski definition) is 1. The number of benzene rings is 2. The molecule has 148 valence electrons. The molecule has 0 bridgehead atoms. The normalized spacial score (nSPS) is 20.3. The molecule has 2 fully saturated rings. The van der Waals surface area contributed by atoms with Crippen LogP contribution in [0.2, 0.25) is 5.02 Å². The van der Waals surface area contributed by atoms with Crippen molar-refractivity contribution in [3.05, 3.63) is 59.1 Å². The van der Waals surface area contributed by atoms with Crippen LogP contribution in [0.25, 0.3) is 0 Å². The molecule has 0 spiro atoms. The van der Waals surface area contributed by atoms with Crippen LogP contribution in [0.4, 0.5) is 11.4 Å². The zero-order valence-corrected chi connectivity index (χ0v) is 16.7. The monoisotopic (exact) mass is 399 g/mol. The van der Waals surface area contributed by atoms with Crippen LogP contribution in [0, 0.1) is 0 Å². The van der Waals surface area contributed by atoms with E-state index in [9.17, 15) is 4.79 Å². The molecule has 1 amide bonds. The second-order valence-electron chi connectivity index (χ2n) is 7.34. The summed E-state index contributed by atoms with van der Waals surface area (Å²) >= 11 is 6.38. The van der Waals surface area contributed by atoms with Crippen molar-refractivity contribution in [3.8, 4) is 0 Å². The highest BCUT2D eigenvalue weighted by Crippen LogP contribution is 2.35. The molecule has 0 radical (unpaired) electrons. The quantitative estimate of drug-likeness (QED) is 0.826. The number of ether oxygens (including phenoxy) is 1. The minimum Gasteiger partial charge on any atom is -0.378 e. The number of likely N-dealkylation sites (tertiary alicyclic amines) is 1. The van der Waals surface area contributed by atoms with Crippen LogP contribution < -0.4 is 10.2 Å². The molecule has 2 heterocycles. The smallest absolute Gasteiger partial charge is 0.238 e. The molecular formula is C22H26ClN3O2. The van der Waals surface area contributed by atoms with Gasteiger partial charge in [0.2, 0.25) is 5.91 Å². The number of rotatable bonds is 5. The number of anilines is 2. The second-order valence-corrected chi connectivity index (χ2v) is 7.75. The standard InChI is InChI=1S/C22H26ClN3O2/c23-20-5-2-1-4-19(20)21-6-3-11-26(21)16-22(27)24-17-7-9-18(10-8-17)25-12-14-28-15-13-25/h1-2,4-5,7-10,21H,3,6,11-16H2,(H,24,27). The van der Waals surface area contributed by atoms with E-state index in [1.807, 2.05) is 30.3 Å². The fraction of sp³-hybridized carbons (Fsp3) is 0.409. The Morgan fingerprint density at radius 3 is 2.57 bits per heavy atom. The molecule has 6 heteroatoms. The Hall–Kier alpha value is -2.08. The lowest BCUT2D eigenvalue weighted by atomic mass is 10.0. The van der Waals surface area contributed by atoms with Gasteiger partial charge in [-0.15, -0.1) is 0 Å². The first kappa shape index (κ1) is 19.2. The van der Waals surface area contributed by atoms with Crippen molar-refractivity contribution in [2.24, 2.45) is 0 Å². The third-order valence-corrected chi connectivity index (χ3v) is 5.85. The van der Waals surface area contributed by atoms with E-state index in [1.54, 1.807) is 0 Å². The Kier molecular flexibility index (Phi) is 6.15. The number of halogens is 1. The molecule has 2 saturated heterocycles. The highest BCUT2D eigenvalue weighted by Gasteiger charge is 2.28. The van der Waals surface area contributed by atoms with E-state index >= 15 is 0 Å². The summed E-state index contributed by atoms with van der Waals surface area (Å²) in [7, 11) is 0. The van der Waals surface area contributed by atoms with Gasteiger partial charge >= 0.3 is 0 Å². The van der Waals surface area contributed by atoms with Crippen LogP contribution in [0.1, 0.15) is 24.4 Å². The van der Waals surface area contributed by atoms with Crippen molar-refractivity contribution >= 4 is 28.9 Å². The van der Waals surface area contributed by atoms with Crippen LogP contribution in [-0.2, 0) is 9.53 Å². The van der Waals surface area contributed by atoms with Crippen LogP contribution in [0.15, 0.2) is 48.5 Å². The molecule has 28 heavy (non-hydrogen) atoms. The molecule has 4 rings (SSSR count). The minimum atomic E-state index is 0.0121. The van der Waals surface area contributed by atoms with Crippen molar-refractivity contribution in [1.82, 2.24) is 4.90 Å². The van der Waals surface area contributed by atoms with Gasteiger partial charge in [-0.1, -0.05) is 29.8 Å². The third-order valence-electron chi connectivity index (χ3n) is 5.50. The lowest BCUT2D eigenvalue weighted by Crippen LogP contribution is -2.36. The predicted molar refractivity (Wildman–Crippen MR) is 113 cm³/mol. The summed E-state index contributed by atoms with van der Waals surface area (Å²) in [5, 5.41) is 3.81. The molecular weight excluding hydrogens is 374 g/mol. The Balaban J connectivity index is 1.35. The van der Waals surface area contributed by atoms with Crippen molar-refractivity contribution in [1.29, 1.82) is 0 Å². The Morgan fingerprint density at radius 1 is 1.07 bits per heavy atom. The zero-order valence-electron chi connectivity index (χ0n) is 15.9. The van der Waals surface area contributed by atoms with Gasteiger partial charge in [-0.2, -0.15) is 0 Å². The molecule has 0 aliphatic carbocycles. The molecule has 2 aliphatic rings. The zero-order chi connectivity index (χ0) is 19.3. The maximum atomic E-state index is 12.6. The van der Waals surface area contributed by atoms with Gasteiger partial charge in [0.1, 0.15) is 0 Å². The van der Waals surface area contributed by atoms with E-state index < -0.39 is 0 Å². The van der Waals surface area contributed by atoms with Gasteiger partial charge in [0, 0.05) is 35.5 Å². The summed E-state index contributed by atoms with van der Waals surface area (Å²) in [4.78, 5) is 17.1. The Labute approximate surface area is 171 Å². The van der Waals surface area contributed by atoms with Crippen LogP contribution >= 0.6 is 11.6 Å². The number of carbonyl (C=O) groups is 1. The first-order valence-corrected chi connectivity index (χ1v) is 10.3. The highest BCUT2D eigenvalue weighted by molar-refractivity contribution is 6.31. The molecule has 0 saturated carbocycles. The average Bonchev–Trinajstić information content (AvgIpc) is 3.17. The molecule has 2 aromatic rings. The summed E-state index contributed by atoms with van der Waals surface area (Å²) in [5.74, 6) is 0.0121. The summed E-state index contributed by atoms with van der Waals surface area (Å²) in [6.07, 6.45) is 2.11. The first-order valence-electron chi connectivity index (χ1n) is 9.92. The molecule has 1 N–H and O–H groups in total. The van der Waals surface area contributed by atoms with E-state index in [0.29, 0.717) is 6.54 Å². The number of morpholine rings is 1. The average molecular weight is 400 g/mol. The van der Waals surface area contributed by atoms with E-state index in [-0.39, 0.29) is 11.9 Å². The van der Waals surface area contributed by atoms with E-state index in [4.69, 9.17) is 16.3 Å². The maximum Gasteiger partial charge on any atom is 0.238 e.